The number of carbonyl (C=O) groups excluding carboxylic acids is 1. The van der Waals surface area contributed by atoms with Crippen LogP contribution in [0, 0.1) is 13.8 Å². The van der Waals surface area contributed by atoms with Crippen molar-refractivity contribution in [2.24, 2.45) is 0 Å². The van der Waals surface area contributed by atoms with E-state index in [1.54, 1.807) is 6.33 Å². The average Bonchev–Trinajstić information content (AvgIpc) is 2.75. The van der Waals surface area contributed by atoms with Crippen LogP contribution in [-0.2, 0) is 6.54 Å². The summed E-state index contributed by atoms with van der Waals surface area (Å²) in [6.45, 7) is 4.65. The van der Waals surface area contributed by atoms with E-state index in [0.717, 1.165) is 39.2 Å². The second kappa shape index (κ2) is 8.61. The SMILES string of the molecule is Cc1ccc(NC(=O)Nc2cccc(CNc3ncnc4ccccc34)c2)cc1C. The van der Waals surface area contributed by atoms with Crippen LogP contribution >= 0.6 is 0 Å². The molecule has 3 aromatic carbocycles. The van der Waals surface area contributed by atoms with Crippen LogP contribution in [-0.4, -0.2) is 16.0 Å². The largest absolute Gasteiger partial charge is 0.365 e. The number of benzene rings is 3. The first-order valence-electron chi connectivity index (χ1n) is 9.76. The van der Waals surface area contributed by atoms with Crippen molar-refractivity contribution < 1.29 is 4.79 Å². The zero-order valence-electron chi connectivity index (χ0n) is 16.9. The Morgan fingerprint density at radius 2 is 1.63 bits per heavy atom. The van der Waals surface area contributed by atoms with Crippen molar-refractivity contribution in [1.82, 2.24) is 9.97 Å². The summed E-state index contributed by atoms with van der Waals surface area (Å²) in [5.41, 5.74) is 5.75. The van der Waals surface area contributed by atoms with E-state index >= 15 is 0 Å². The van der Waals surface area contributed by atoms with Crippen LogP contribution in [0.2, 0.25) is 0 Å². The smallest absolute Gasteiger partial charge is 0.323 e. The lowest BCUT2D eigenvalue weighted by Crippen LogP contribution is -2.19. The number of nitrogens with one attached hydrogen (secondary N) is 3. The van der Waals surface area contributed by atoms with E-state index < -0.39 is 0 Å². The summed E-state index contributed by atoms with van der Waals surface area (Å²) < 4.78 is 0. The average molecular weight is 397 g/mol. The lowest BCUT2D eigenvalue weighted by atomic mass is 10.1. The van der Waals surface area contributed by atoms with Gasteiger partial charge in [0.25, 0.3) is 0 Å². The predicted molar refractivity (Wildman–Crippen MR) is 122 cm³/mol. The van der Waals surface area contributed by atoms with E-state index in [-0.39, 0.29) is 6.03 Å². The molecule has 30 heavy (non-hydrogen) atoms. The number of amides is 2. The van der Waals surface area contributed by atoms with Crippen LogP contribution in [0.4, 0.5) is 22.0 Å². The molecule has 0 aliphatic carbocycles. The highest BCUT2D eigenvalue weighted by Crippen LogP contribution is 2.20. The van der Waals surface area contributed by atoms with Gasteiger partial charge in [-0.05, 0) is 66.9 Å². The first kappa shape index (κ1) is 19.4. The molecule has 150 valence electrons. The Balaban J connectivity index is 1.41. The summed E-state index contributed by atoms with van der Waals surface area (Å²) in [7, 11) is 0. The normalized spacial score (nSPS) is 10.6. The van der Waals surface area contributed by atoms with Gasteiger partial charge in [-0.2, -0.15) is 0 Å². The topological polar surface area (TPSA) is 78.9 Å². The molecular formula is C24H23N5O. The van der Waals surface area contributed by atoms with Crippen molar-refractivity contribution in [1.29, 1.82) is 0 Å². The summed E-state index contributed by atoms with van der Waals surface area (Å²) in [5, 5.41) is 10.1. The Hall–Kier alpha value is -3.93. The summed E-state index contributed by atoms with van der Waals surface area (Å²) in [4.78, 5) is 21.0. The maximum Gasteiger partial charge on any atom is 0.323 e. The minimum atomic E-state index is -0.273. The molecule has 0 bridgehead atoms. The number of hydrogen-bond acceptors (Lipinski definition) is 4. The van der Waals surface area contributed by atoms with Crippen LogP contribution in [0.5, 0.6) is 0 Å². The fourth-order valence-corrected chi connectivity index (χ4v) is 3.20. The van der Waals surface area contributed by atoms with Crippen LogP contribution in [0.15, 0.2) is 73.1 Å². The molecule has 0 atom stereocenters. The number of rotatable bonds is 5. The van der Waals surface area contributed by atoms with Gasteiger partial charge < -0.3 is 16.0 Å². The van der Waals surface area contributed by atoms with Crippen LogP contribution in [0.25, 0.3) is 10.9 Å². The molecule has 0 aliphatic rings. The molecule has 0 saturated carbocycles. The van der Waals surface area contributed by atoms with E-state index in [1.807, 2.05) is 80.6 Å². The molecular weight excluding hydrogens is 374 g/mol. The van der Waals surface area contributed by atoms with E-state index in [9.17, 15) is 4.79 Å². The highest BCUT2D eigenvalue weighted by atomic mass is 16.2. The van der Waals surface area contributed by atoms with Crippen molar-refractivity contribution in [3.05, 3.63) is 89.7 Å². The Morgan fingerprint density at radius 3 is 2.47 bits per heavy atom. The van der Waals surface area contributed by atoms with Gasteiger partial charge in [0.15, 0.2) is 0 Å². The molecule has 2 amide bonds. The van der Waals surface area contributed by atoms with Crippen molar-refractivity contribution in [3.8, 4) is 0 Å². The molecule has 3 N–H and O–H groups in total. The predicted octanol–water partition coefficient (Wildman–Crippen LogP) is 5.50. The van der Waals surface area contributed by atoms with E-state index in [1.165, 1.54) is 5.56 Å². The number of hydrogen-bond donors (Lipinski definition) is 3. The van der Waals surface area contributed by atoms with Gasteiger partial charge in [-0.3, -0.25) is 0 Å². The van der Waals surface area contributed by atoms with E-state index in [0.29, 0.717) is 6.54 Å². The molecule has 0 spiro atoms. The van der Waals surface area contributed by atoms with Crippen LogP contribution in [0.1, 0.15) is 16.7 Å². The number of nitrogens with zero attached hydrogens (tertiary/aromatic N) is 2. The summed E-state index contributed by atoms with van der Waals surface area (Å²) in [6, 6.07) is 21.2. The zero-order chi connectivity index (χ0) is 20.9. The summed E-state index contributed by atoms with van der Waals surface area (Å²) >= 11 is 0. The first-order chi connectivity index (χ1) is 14.6. The quantitative estimate of drug-likeness (QED) is 0.415. The maximum absolute atomic E-state index is 12.4. The van der Waals surface area contributed by atoms with Crippen molar-refractivity contribution in [2.45, 2.75) is 20.4 Å². The fraction of sp³-hybridized carbons (Fsp3) is 0.125. The highest BCUT2D eigenvalue weighted by Gasteiger charge is 2.06. The van der Waals surface area contributed by atoms with Crippen LogP contribution in [0.3, 0.4) is 0 Å². The molecule has 4 rings (SSSR count). The van der Waals surface area contributed by atoms with E-state index in [2.05, 4.69) is 25.9 Å². The third-order valence-corrected chi connectivity index (χ3v) is 4.95. The van der Waals surface area contributed by atoms with Gasteiger partial charge in [0.2, 0.25) is 0 Å². The van der Waals surface area contributed by atoms with Gasteiger partial charge in [-0.25, -0.2) is 14.8 Å². The monoisotopic (exact) mass is 397 g/mol. The minimum absolute atomic E-state index is 0.273. The summed E-state index contributed by atoms with van der Waals surface area (Å²) in [5.74, 6) is 0.784. The Kier molecular flexibility index (Phi) is 5.57. The molecule has 0 saturated heterocycles. The lowest BCUT2D eigenvalue weighted by molar-refractivity contribution is 0.262. The molecule has 1 aromatic heterocycles. The van der Waals surface area contributed by atoms with Gasteiger partial charge in [0.1, 0.15) is 12.1 Å². The number of para-hydroxylation sites is 1. The third-order valence-electron chi connectivity index (χ3n) is 4.95. The number of carbonyl (C=O) groups is 1. The Morgan fingerprint density at radius 1 is 0.833 bits per heavy atom. The Labute approximate surface area is 175 Å². The fourth-order valence-electron chi connectivity index (χ4n) is 3.20. The number of fused-ring (bicyclic) bond motifs is 1. The lowest BCUT2D eigenvalue weighted by Gasteiger charge is -2.11. The Bertz CT molecular complexity index is 1200. The second-order valence-electron chi connectivity index (χ2n) is 7.17. The minimum Gasteiger partial charge on any atom is -0.365 e. The van der Waals surface area contributed by atoms with Gasteiger partial charge in [0, 0.05) is 23.3 Å². The van der Waals surface area contributed by atoms with Gasteiger partial charge in [-0.15, -0.1) is 0 Å². The van der Waals surface area contributed by atoms with E-state index in [4.69, 9.17) is 0 Å². The van der Waals surface area contributed by atoms with Gasteiger partial charge in [-0.1, -0.05) is 30.3 Å². The van der Waals surface area contributed by atoms with Crippen molar-refractivity contribution in [3.63, 3.8) is 0 Å². The summed E-state index contributed by atoms with van der Waals surface area (Å²) in [6.07, 6.45) is 1.56. The maximum atomic E-state index is 12.4. The van der Waals surface area contributed by atoms with Gasteiger partial charge >= 0.3 is 6.03 Å². The highest BCUT2D eigenvalue weighted by molar-refractivity contribution is 5.99. The molecule has 1 heterocycles. The molecule has 6 nitrogen and oxygen atoms in total. The molecule has 0 radical (unpaired) electrons. The second-order valence-corrected chi connectivity index (χ2v) is 7.17. The first-order valence-corrected chi connectivity index (χ1v) is 9.76. The van der Waals surface area contributed by atoms with Crippen LogP contribution < -0.4 is 16.0 Å². The van der Waals surface area contributed by atoms with Crippen molar-refractivity contribution >= 4 is 34.1 Å². The standard InChI is InChI=1S/C24H23N5O/c1-16-10-11-20(12-17(16)2)29-24(30)28-19-7-5-6-18(13-19)14-25-23-21-8-3-4-9-22(21)26-15-27-23/h3-13,15H,14H2,1-2H3,(H,25,26,27)(H2,28,29,30). The number of aromatic nitrogens is 2. The van der Waals surface area contributed by atoms with Gasteiger partial charge in [0.05, 0.1) is 5.52 Å². The number of aryl methyl sites for hydroxylation is 2. The molecule has 0 aliphatic heterocycles. The zero-order valence-corrected chi connectivity index (χ0v) is 16.9. The number of urea groups is 1. The molecule has 4 aromatic rings. The van der Waals surface area contributed by atoms with Crippen molar-refractivity contribution in [2.75, 3.05) is 16.0 Å². The molecule has 0 fully saturated rings. The molecule has 0 unspecified atom stereocenters. The third kappa shape index (κ3) is 4.55. The number of anilines is 3. The molecule has 6 heteroatoms.